The topological polar surface area (TPSA) is 96.9 Å². The Morgan fingerprint density at radius 1 is 1.00 bits per heavy atom. The zero-order valence-electron chi connectivity index (χ0n) is 18.9. The van der Waals surface area contributed by atoms with E-state index in [9.17, 15) is 14.7 Å². The number of benzene rings is 2. The number of fused-ring (bicyclic) bond motifs is 3. The molecular formula is C25H32N2O5. The van der Waals surface area contributed by atoms with Crippen molar-refractivity contribution in [3.63, 3.8) is 0 Å². The maximum atomic E-state index is 12.4. The lowest BCUT2D eigenvalue weighted by Gasteiger charge is -2.20. The van der Waals surface area contributed by atoms with E-state index in [-0.39, 0.29) is 19.1 Å². The number of carbonyl (C=O) groups is 2. The first-order valence-corrected chi connectivity index (χ1v) is 11.0. The minimum Gasteiger partial charge on any atom is -0.449 e. The van der Waals surface area contributed by atoms with Gasteiger partial charge in [0.05, 0.1) is 12.6 Å². The predicted octanol–water partition coefficient (Wildman–Crippen LogP) is 4.19. The van der Waals surface area contributed by atoms with E-state index in [2.05, 4.69) is 34.9 Å². The summed E-state index contributed by atoms with van der Waals surface area (Å²) in [4.78, 5) is 24.0. The third kappa shape index (κ3) is 6.23. The molecule has 1 aliphatic carbocycles. The summed E-state index contributed by atoms with van der Waals surface area (Å²) < 4.78 is 10.7. The van der Waals surface area contributed by atoms with Gasteiger partial charge in [0.1, 0.15) is 12.2 Å². The maximum absolute atomic E-state index is 12.4. The van der Waals surface area contributed by atoms with Crippen LogP contribution in [0.4, 0.5) is 9.59 Å². The molecule has 0 fully saturated rings. The number of carbonyl (C=O) groups excluding carboxylic acids is 2. The lowest BCUT2D eigenvalue weighted by molar-refractivity contribution is 0.0526. The molecule has 2 aromatic rings. The summed E-state index contributed by atoms with van der Waals surface area (Å²) in [5.74, 6) is -0.0150. The van der Waals surface area contributed by atoms with Gasteiger partial charge < -0.3 is 25.2 Å². The van der Waals surface area contributed by atoms with Crippen LogP contribution < -0.4 is 10.6 Å². The molecule has 0 aromatic heterocycles. The quantitative estimate of drug-likeness (QED) is 0.535. The molecule has 3 N–H and O–H groups in total. The molecule has 1 aliphatic rings. The van der Waals surface area contributed by atoms with Gasteiger partial charge in [0, 0.05) is 12.5 Å². The number of aliphatic hydroxyl groups is 1. The summed E-state index contributed by atoms with van der Waals surface area (Å²) in [5, 5.41) is 15.0. The first-order valence-electron chi connectivity index (χ1n) is 11.0. The van der Waals surface area contributed by atoms with Gasteiger partial charge in [-0.15, -0.1) is 0 Å². The van der Waals surface area contributed by atoms with E-state index in [1.807, 2.05) is 24.3 Å². The fourth-order valence-electron chi connectivity index (χ4n) is 3.87. The second-order valence-electron chi connectivity index (χ2n) is 8.92. The van der Waals surface area contributed by atoms with Crippen LogP contribution >= 0.6 is 0 Å². The Labute approximate surface area is 189 Å². The SMILES string of the molecule is CC(C)(C)OC(=O)NCCC[C@@H](CO)NC(=O)OCC1c2ccccc2-c2ccccc21. The van der Waals surface area contributed by atoms with Gasteiger partial charge in [0.25, 0.3) is 0 Å². The van der Waals surface area contributed by atoms with E-state index in [1.54, 1.807) is 20.8 Å². The van der Waals surface area contributed by atoms with Crippen LogP contribution in [-0.4, -0.2) is 48.7 Å². The molecule has 0 radical (unpaired) electrons. The van der Waals surface area contributed by atoms with Gasteiger partial charge in [-0.1, -0.05) is 48.5 Å². The molecule has 7 nitrogen and oxygen atoms in total. The highest BCUT2D eigenvalue weighted by Gasteiger charge is 2.29. The van der Waals surface area contributed by atoms with Crippen LogP contribution in [0.2, 0.25) is 0 Å². The van der Waals surface area contributed by atoms with Gasteiger partial charge >= 0.3 is 12.2 Å². The Kier molecular flexibility index (Phi) is 7.75. The van der Waals surface area contributed by atoms with Crippen molar-refractivity contribution in [2.45, 2.75) is 51.2 Å². The van der Waals surface area contributed by atoms with E-state index in [0.717, 1.165) is 11.1 Å². The standard InChI is InChI=1S/C25H32N2O5/c1-25(2,3)32-23(29)26-14-8-9-17(15-28)27-24(30)31-16-22-20-12-6-4-10-18(20)19-11-5-7-13-21(19)22/h4-7,10-13,17,22,28H,8-9,14-16H2,1-3H3,(H,26,29)(H,27,30)/t17-/m0/s1. The van der Waals surface area contributed by atoms with Crippen molar-refractivity contribution in [1.29, 1.82) is 0 Å². The van der Waals surface area contributed by atoms with E-state index in [0.29, 0.717) is 19.4 Å². The molecule has 0 aliphatic heterocycles. The molecule has 0 unspecified atom stereocenters. The van der Waals surface area contributed by atoms with Gasteiger partial charge in [-0.2, -0.15) is 0 Å². The molecule has 7 heteroatoms. The van der Waals surface area contributed by atoms with Gasteiger partial charge in [-0.05, 0) is 55.9 Å². The number of amides is 2. The molecular weight excluding hydrogens is 408 g/mol. The average molecular weight is 441 g/mol. The number of rotatable bonds is 8. The highest BCUT2D eigenvalue weighted by Crippen LogP contribution is 2.44. The van der Waals surface area contributed by atoms with Crippen LogP contribution in [0.3, 0.4) is 0 Å². The fraction of sp³-hybridized carbons (Fsp3) is 0.440. The average Bonchev–Trinajstić information content (AvgIpc) is 3.07. The molecule has 2 aromatic carbocycles. The smallest absolute Gasteiger partial charge is 0.407 e. The number of ether oxygens (including phenoxy) is 2. The van der Waals surface area contributed by atoms with Crippen molar-refractivity contribution in [3.05, 3.63) is 59.7 Å². The lowest BCUT2D eigenvalue weighted by Crippen LogP contribution is -2.39. The van der Waals surface area contributed by atoms with Crippen LogP contribution in [0, 0.1) is 0 Å². The van der Waals surface area contributed by atoms with E-state index in [1.165, 1.54) is 11.1 Å². The summed E-state index contributed by atoms with van der Waals surface area (Å²) in [5.41, 5.74) is 4.08. The van der Waals surface area contributed by atoms with Crippen molar-refractivity contribution in [2.24, 2.45) is 0 Å². The van der Waals surface area contributed by atoms with E-state index >= 15 is 0 Å². The predicted molar refractivity (Wildman–Crippen MR) is 123 cm³/mol. The summed E-state index contributed by atoms with van der Waals surface area (Å²) in [6.07, 6.45) is 0.0264. The van der Waals surface area contributed by atoms with Gasteiger partial charge in [-0.3, -0.25) is 0 Å². The molecule has 0 bridgehead atoms. The Bertz CT molecular complexity index is 892. The molecule has 172 valence electrons. The van der Waals surface area contributed by atoms with Gasteiger partial charge in [0.15, 0.2) is 0 Å². The molecule has 0 saturated heterocycles. The van der Waals surface area contributed by atoms with E-state index in [4.69, 9.17) is 9.47 Å². The van der Waals surface area contributed by atoms with Crippen LogP contribution in [0.5, 0.6) is 0 Å². The number of hydrogen-bond donors (Lipinski definition) is 3. The second kappa shape index (κ2) is 10.5. The summed E-state index contributed by atoms with van der Waals surface area (Å²) >= 11 is 0. The van der Waals surface area contributed by atoms with Gasteiger partial charge in [0.2, 0.25) is 0 Å². The zero-order chi connectivity index (χ0) is 23.1. The Morgan fingerprint density at radius 2 is 1.59 bits per heavy atom. The molecule has 32 heavy (non-hydrogen) atoms. The minimum absolute atomic E-state index is 0.0150. The summed E-state index contributed by atoms with van der Waals surface area (Å²) in [6, 6.07) is 15.8. The van der Waals surface area contributed by atoms with Crippen LogP contribution in [-0.2, 0) is 9.47 Å². The molecule has 0 spiro atoms. The Balaban J connectivity index is 1.45. The second-order valence-corrected chi connectivity index (χ2v) is 8.92. The molecule has 0 saturated carbocycles. The number of hydrogen-bond acceptors (Lipinski definition) is 5. The fourth-order valence-corrected chi connectivity index (χ4v) is 3.87. The number of aliphatic hydroxyl groups excluding tert-OH is 1. The third-order valence-electron chi connectivity index (χ3n) is 5.28. The van der Waals surface area contributed by atoms with Crippen LogP contribution in [0.1, 0.15) is 50.7 Å². The van der Waals surface area contributed by atoms with Crippen molar-refractivity contribution >= 4 is 12.2 Å². The minimum atomic E-state index is -0.564. The third-order valence-corrected chi connectivity index (χ3v) is 5.28. The number of alkyl carbamates (subject to hydrolysis) is 2. The van der Waals surface area contributed by atoms with Crippen molar-refractivity contribution in [2.75, 3.05) is 19.8 Å². The first kappa shape index (κ1) is 23.6. The number of nitrogens with one attached hydrogen (secondary N) is 2. The highest BCUT2D eigenvalue weighted by molar-refractivity contribution is 5.79. The van der Waals surface area contributed by atoms with Gasteiger partial charge in [-0.25, -0.2) is 9.59 Å². The van der Waals surface area contributed by atoms with Crippen LogP contribution in [0.15, 0.2) is 48.5 Å². The van der Waals surface area contributed by atoms with Crippen molar-refractivity contribution < 1.29 is 24.2 Å². The zero-order valence-corrected chi connectivity index (χ0v) is 18.9. The molecule has 2 amide bonds. The Hall–Kier alpha value is -3.06. The monoisotopic (exact) mass is 440 g/mol. The highest BCUT2D eigenvalue weighted by atomic mass is 16.6. The molecule has 1 atom stereocenters. The normalized spacial score (nSPS) is 13.6. The molecule has 0 heterocycles. The first-order chi connectivity index (χ1) is 15.3. The summed E-state index contributed by atoms with van der Waals surface area (Å²) in [7, 11) is 0. The van der Waals surface area contributed by atoms with Crippen molar-refractivity contribution in [3.8, 4) is 11.1 Å². The Morgan fingerprint density at radius 3 is 2.16 bits per heavy atom. The van der Waals surface area contributed by atoms with Crippen LogP contribution in [0.25, 0.3) is 11.1 Å². The van der Waals surface area contributed by atoms with Crippen molar-refractivity contribution in [1.82, 2.24) is 10.6 Å². The maximum Gasteiger partial charge on any atom is 0.407 e. The summed E-state index contributed by atoms with van der Waals surface area (Å²) in [6.45, 7) is 5.79. The molecule has 3 rings (SSSR count). The largest absolute Gasteiger partial charge is 0.449 e. The lowest BCUT2D eigenvalue weighted by atomic mass is 9.98. The van der Waals surface area contributed by atoms with E-state index < -0.39 is 23.8 Å².